The minimum Gasteiger partial charge on any atom is -0.282 e. The van der Waals surface area contributed by atoms with E-state index in [9.17, 15) is 54.6 Å². The first-order valence-electron chi connectivity index (χ1n) is 7.09. The normalized spacial score (nSPS) is 15.1. The number of sulfone groups is 1. The fourth-order valence-electron chi connectivity index (χ4n) is 2.68. The molecule has 0 amide bonds. The van der Waals surface area contributed by atoms with E-state index in [0.29, 0.717) is 24.3 Å². The highest BCUT2D eigenvalue weighted by Gasteiger charge is 2.46. The van der Waals surface area contributed by atoms with Gasteiger partial charge in [0.05, 0.1) is 19.6 Å². The van der Waals surface area contributed by atoms with Gasteiger partial charge in [-0.15, -0.1) is 0 Å². The fourth-order valence-corrected chi connectivity index (χ4v) is 8.43. The van der Waals surface area contributed by atoms with Crippen LogP contribution in [0.25, 0.3) is 0 Å². The summed E-state index contributed by atoms with van der Waals surface area (Å²) in [6.07, 6.45) is 0. The van der Waals surface area contributed by atoms with Crippen LogP contribution in [0.3, 0.4) is 0 Å². The van der Waals surface area contributed by atoms with Crippen LogP contribution in [0.2, 0.25) is 0 Å². The molecule has 30 heavy (non-hydrogen) atoms. The summed E-state index contributed by atoms with van der Waals surface area (Å²) in [6, 6.07) is 1.96. The standard InChI is InChI=1S/C12H6N2O12S4/c15-13(16)5-1-3-7(29(21,22)23)9-11(5)28(19,20)12-6(14(17)18)2-4-8(10(12)27-9)30(24,25)26/h1-4H,(H,21,22,23)(H,24,25,26). The maximum atomic E-state index is 13.1. The summed E-state index contributed by atoms with van der Waals surface area (Å²) < 4.78 is 91.7. The Morgan fingerprint density at radius 1 is 0.767 bits per heavy atom. The van der Waals surface area contributed by atoms with E-state index in [0.717, 1.165) is 0 Å². The minimum absolute atomic E-state index is 0.0115. The molecule has 0 radical (unpaired) electrons. The lowest BCUT2D eigenvalue weighted by molar-refractivity contribution is -0.388. The Morgan fingerprint density at radius 2 is 1.10 bits per heavy atom. The van der Waals surface area contributed by atoms with Crippen molar-refractivity contribution < 1.29 is 44.2 Å². The van der Waals surface area contributed by atoms with E-state index < -0.39 is 80.7 Å². The summed E-state index contributed by atoms with van der Waals surface area (Å²) in [5.41, 5.74) is -2.33. The molecule has 14 nitrogen and oxygen atoms in total. The molecule has 2 N–H and O–H groups in total. The third-order valence-electron chi connectivity index (χ3n) is 3.80. The Morgan fingerprint density at radius 3 is 1.37 bits per heavy atom. The van der Waals surface area contributed by atoms with Crippen molar-refractivity contribution in [2.45, 2.75) is 29.4 Å². The predicted octanol–water partition coefficient (Wildman–Crippen LogP) is 1.29. The maximum absolute atomic E-state index is 13.1. The molecule has 0 bridgehead atoms. The lowest BCUT2D eigenvalue weighted by Crippen LogP contribution is -2.18. The summed E-state index contributed by atoms with van der Waals surface area (Å²) in [4.78, 5) is 13.6. The second kappa shape index (κ2) is 6.68. The zero-order valence-corrected chi connectivity index (χ0v) is 17.1. The smallest absolute Gasteiger partial charge is 0.282 e. The Balaban J connectivity index is 2.63. The molecule has 0 saturated carbocycles. The van der Waals surface area contributed by atoms with Crippen LogP contribution >= 0.6 is 11.8 Å². The van der Waals surface area contributed by atoms with Crippen LogP contribution < -0.4 is 0 Å². The number of hydrogen-bond donors (Lipinski definition) is 2. The number of rotatable bonds is 4. The summed E-state index contributed by atoms with van der Waals surface area (Å²) in [7, 11) is -15.6. The third kappa shape index (κ3) is 3.32. The molecule has 0 fully saturated rings. The number of hydrogen-bond acceptors (Lipinski definition) is 11. The van der Waals surface area contributed by atoms with Gasteiger partial charge in [-0.25, -0.2) is 8.42 Å². The molecule has 2 aromatic rings. The maximum Gasteiger partial charge on any atom is 0.295 e. The number of nitro groups is 2. The monoisotopic (exact) mass is 498 g/mol. The van der Waals surface area contributed by atoms with E-state index >= 15 is 0 Å². The van der Waals surface area contributed by atoms with Crippen molar-refractivity contribution in [2.75, 3.05) is 0 Å². The molecule has 0 aliphatic carbocycles. The molecule has 18 heteroatoms. The molecule has 2 aromatic carbocycles. The fraction of sp³-hybridized carbons (Fsp3) is 0. The molecule has 0 atom stereocenters. The van der Waals surface area contributed by atoms with Gasteiger partial charge in [0.15, 0.2) is 9.79 Å². The van der Waals surface area contributed by atoms with Crippen molar-refractivity contribution in [1.29, 1.82) is 0 Å². The van der Waals surface area contributed by atoms with Crippen LogP contribution in [0.15, 0.2) is 53.6 Å². The summed E-state index contributed by atoms with van der Waals surface area (Å²) >= 11 is -0.0115. The van der Waals surface area contributed by atoms with Crippen molar-refractivity contribution >= 4 is 53.2 Å². The zero-order chi connectivity index (χ0) is 22.8. The van der Waals surface area contributed by atoms with Crippen LogP contribution in [-0.4, -0.2) is 44.2 Å². The lowest BCUT2D eigenvalue weighted by atomic mass is 10.3. The SMILES string of the molecule is O=[N+]([O-])c1ccc(S(=O)(=O)O)c2c1S(=O)(=O)c1c([N+](=O)[O-])ccc(S(=O)(=O)O)c1S2. The van der Waals surface area contributed by atoms with Crippen LogP contribution in [0.5, 0.6) is 0 Å². The second-order valence-electron chi connectivity index (χ2n) is 5.55. The van der Waals surface area contributed by atoms with Crippen molar-refractivity contribution in [1.82, 2.24) is 0 Å². The quantitative estimate of drug-likeness (QED) is 0.294. The first kappa shape index (κ1) is 22.1. The molecule has 0 aromatic heterocycles. The van der Waals surface area contributed by atoms with Crippen LogP contribution in [0.1, 0.15) is 0 Å². The Bertz CT molecular complexity index is 1370. The molecular formula is C12H6N2O12S4. The largest absolute Gasteiger partial charge is 0.295 e. The van der Waals surface area contributed by atoms with Gasteiger partial charge in [-0.05, 0) is 12.1 Å². The summed E-state index contributed by atoms with van der Waals surface area (Å²) in [5.74, 6) is 0. The Hall–Kier alpha value is -2.64. The van der Waals surface area contributed by atoms with Gasteiger partial charge in [0.2, 0.25) is 9.84 Å². The molecule has 1 heterocycles. The van der Waals surface area contributed by atoms with Crippen molar-refractivity contribution in [2.24, 2.45) is 0 Å². The Labute approximate surface area is 171 Å². The Kier molecular flexibility index (Phi) is 4.91. The summed E-state index contributed by atoms with van der Waals surface area (Å²) in [5, 5.41) is 22.7. The van der Waals surface area contributed by atoms with E-state index in [1.54, 1.807) is 0 Å². The van der Waals surface area contributed by atoms with E-state index in [4.69, 9.17) is 0 Å². The van der Waals surface area contributed by atoms with E-state index in [2.05, 4.69) is 0 Å². The lowest BCUT2D eigenvalue weighted by Gasteiger charge is -2.21. The van der Waals surface area contributed by atoms with Gasteiger partial charge in [0.25, 0.3) is 31.6 Å². The zero-order valence-electron chi connectivity index (χ0n) is 13.8. The van der Waals surface area contributed by atoms with Gasteiger partial charge in [0, 0.05) is 12.1 Å². The highest BCUT2D eigenvalue weighted by molar-refractivity contribution is 8.03. The van der Waals surface area contributed by atoms with Gasteiger partial charge in [-0.1, -0.05) is 11.8 Å². The molecule has 0 unspecified atom stereocenters. The van der Waals surface area contributed by atoms with Crippen molar-refractivity contribution in [3.63, 3.8) is 0 Å². The first-order chi connectivity index (χ1) is 13.6. The number of benzene rings is 2. The molecule has 0 spiro atoms. The highest BCUT2D eigenvalue weighted by Crippen LogP contribution is 2.54. The van der Waals surface area contributed by atoms with Crippen LogP contribution in [0.4, 0.5) is 11.4 Å². The third-order valence-corrected chi connectivity index (χ3v) is 9.27. The topological polar surface area (TPSA) is 229 Å². The number of nitro benzene ring substituents is 2. The molecule has 1 aliphatic rings. The highest BCUT2D eigenvalue weighted by atomic mass is 32.2. The van der Waals surface area contributed by atoms with Gasteiger partial charge < -0.3 is 0 Å². The first-order valence-corrected chi connectivity index (χ1v) is 12.3. The molecular weight excluding hydrogens is 492 g/mol. The average molecular weight is 498 g/mol. The second-order valence-corrected chi connectivity index (χ2v) is 11.2. The average Bonchev–Trinajstić information content (AvgIpc) is 2.57. The number of nitrogens with zero attached hydrogens (tertiary/aromatic N) is 2. The molecule has 160 valence electrons. The molecule has 0 saturated heterocycles. The van der Waals surface area contributed by atoms with Crippen LogP contribution in [-0.2, 0) is 30.1 Å². The summed E-state index contributed by atoms with van der Waals surface area (Å²) in [6.45, 7) is 0. The minimum atomic E-state index is -5.27. The van der Waals surface area contributed by atoms with E-state index in [1.807, 2.05) is 0 Å². The van der Waals surface area contributed by atoms with Gasteiger partial charge >= 0.3 is 0 Å². The predicted molar refractivity (Wildman–Crippen MR) is 95.4 cm³/mol. The van der Waals surface area contributed by atoms with Crippen molar-refractivity contribution in [3.05, 3.63) is 44.5 Å². The van der Waals surface area contributed by atoms with Gasteiger partial charge in [-0.3, -0.25) is 29.3 Å². The van der Waals surface area contributed by atoms with Gasteiger partial charge in [0.1, 0.15) is 9.79 Å². The molecule has 3 rings (SSSR count). The van der Waals surface area contributed by atoms with E-state index in [1.165, 1.54) is 0 Å². The number of fused-ring (bicyclic) bond motifs is 2. The van der Waals surface area contributed by atoms with Crippen molar-refractivity contribution in [3.8, 4) is 0 Å². The molecule has 1 aliphatic heterocycles. The van der Waals surface area contributed by atoms with E-state index in [-0.39, 0.29) is 11.8 Å². The van der Waals surface area contributed by atoms with Crippen LogP contribution in [0, 0.1) is 20.2 Å². The van der Waals surface area contributed by atoms with Gasteiger partial charge in [-0.2, -0.15) is 16.8 Å².